The fourth-order valence-corrected chi connectivity index (χ4v) is 11.3. The number of quaternary nitrogens is 1. The molecule has 0 aliphatic heterocycles. The van der Waals surface area contributed by atoms with E-state index in [1.54, 1.807) is 0 Å². The number of amides is 1. The number of phosphoric ester groups is 1. The fraction of sp³-hybridized carbons (Fsp3) is 0.776. The molecule has 3 atom stereocenters. The molecule has 0 aliphatic carbocycles. The first kappa shape index (κ1) is 82.4. The van der Waals surface area contributed by atoms with Crippen LogP contribution in [0.1, 0.15) is 328 Å². The van der Waals surface area contributed by atoms with Crippen molar-refractivity contribution in [1.82, 2.24) is 5.32 Å². The van der Waals surface area contributed by atoms with Crippen molar-refractivity contribution in [1.29, 1.82) is 0 Å². The number of hydrogen-bond acceptors (Lipinski definition) is 5. The first-order chi connectivity index (χ1) is 41.5. The lowest BCUT2D eigenvalue weighted by atomic mass is 10.0. The van der Waals surface area contributed by atoms with Crippen LogP contribution in [0.2, 0.25) is 0 Å². The third-order valence-electron chi connectivity index (χ3n) is 16.1. The van der Waals surface area contributed by atoms with Crippen molar-refractivity contribution in [3.05, 3.63) is 97.2 Å². The summed E-state index contributed by atoms with van der Waals surface area (Å²) < 4.78 is 23.9. The number of phosphoric acid groups is 1. The molecule has 0 bridgehead atoms. The van der Waals surface area contributed by atoms with Crippen molar-refractivity contribution < 1.29 is 32.9 Å². The van der Waals surface area contributed by atoms with E-state index in [0.717, 1.165) is 89.9 Å². The number of rotatable bonds is 66. The standard InChI is InChI=1S/C76H139N2O6P/c1-6-8-10-12-14-16-18-20-22-24-26-28-30-32-34-35-36-37-38-39-40-41-42-43-44-46-48-50-52-54-56-58-60-62-64-66-68-70-76(80)77-74(73-84-85(81,82)83-72-71-78(3,4)5)75(79)69-67-65-63-61-59-57-55-53-51-49-47-45-33-31-29-27-25-23-21-19-17-15-13-11-9-7-2/h8,10,14,16,20,22,26,28,32,34,36-37,39-40,42-43,74-75,79H,6-7,9,11-13,15,17-19,21,23-25,27,29-31,33,35,38,41,44-73H2,1-5H3,(H-,77,80,81,82)/p+1/b10-8-,16-14-,22-20-,28-26-,34-32-,37-36-,40-39-,43-42-. The molecule has 0 heterocycles. The van der Waals surface area contributed by atoms with Crippen molar-refractivity contribution >= 4 is 13.7 Å². The summed E-state index contributed by atoms with van der Waals surface area (Å²) >= 11 is 0. The summed E-state index contributed by atoms with van der Waals surface area (Å²) in [5.74, 6) is -0.145. The highest BCUT2D eigenvalue weighted by atomic mass is 31.2. The van der Waals surface area contributed by atoms with Crippen LogP contribution in [0, 0.1) is 0 Å². The van der Waals surface area contributed by atoms with E-state index in [0.29, 0.717) is 23.9 Å². The summed E-state index contributed by atoms with van der Waals surface area (Å²) in [6.45, 7) is 4.81. The van der Waals surface area contributed by atoms with Gasteiger partial charge < -0.3 is 19.8 Å². The van der Waals surface area contributed by atoms with Gasteiger partial charge in [0.25, 0.3) is 0 Å². The largest absolute Gasteiger partial charge is 0.472 e. The Hall–Kier alpha value is -2.58. The number of carbonyl (C=O) groups excluding carboxylic acids is 1. The molecule has 9 heteroatoms. The van der Waals surface area contributed by atoms with Gasteiger partial charge in [-0.1, -0.05) is 342 Å². The lowest BCUT2D eigenvalue weighted by Gasteiger charge is -2.26. The number of aliphatic hydroxyl groups excluding tert-OH is 1. The fourth-order valence-electron chi connectivity index (χ4n) is 10.5. The van der Waals surface area contributed by atoms with E-state index >= 15 is 0 Å². The van der Waals surface area contributed by atoms with Gasteiger partial charge in [-0.2, -0.15) is 0 Å². The second kappa shape index (κ2) is 65.9. The predicted octanol–water partition coefficient (Wildman–Crippen LogP) is 23.3. The summed E-state index contributed by atoms with van der Waals surface area (Å²) in [4.78, 5) is 23.5. The highest BCUT2D eigenvalue weighted by molar-refractivity contribution is 7.47. The number of aliphatic hydroxyl groups is 1. The summed E-state index contributed by atoms with van der Waals surface area (Å²) in [7, 11) is 1.62. The molecule has 0 aromatic heterocycles. The molecule has 85 heavy (non-hydrogen) atoms. The number of likely N-dealkylation sites (N-methyl/N-ethyl adjacent to an activating group) is 1. The number of nitrogens with zero attached hydrogens (tertiary/aromatic N) is 1. The summed E-state index contributed by atoms with van der Waals surface area (Å²) in [6, 6.07) is -0.769. The minimum Gasteiger partial charge on any atom is -0.391 e. The normalized spacial score (nSPS) is 14.2. The van der Waals surface area contributed by atoms with E-state index in [9.17, 15) is 19.4 Å². The molecule has 0 saturated heterocycles. The van der Waals surface area contributed by atoms with Crippen LogP contribution in [0.5, 0.6) is 0 Å². The average Bonchev–Trinajstić information content (AvgIpc) is 3.49. The van der Waals surface area contributed by atoms with Gasteiger partial charge >= 0.3 is 7.82 Å². The van der Waals surface area contributed by atoms with Crippen LogP contribution < -0.4 is 5.32 Å². The van der Waals surface area contributed by atoms with Crippen molar-refractivity contribution in [3.8, 4) is 0 Å². The van der Waals surface area contributed by atoms with Gasteiger partial charge in [0.2, 0.25) is 5.91 Å². The Bertz CT molecular complexity index is 1710. The Morgan fingerprint density at radius 3 is 1.04 bits per heavy atom. The molecular formula is C76H140N2O6P+. The molecule has 494 valence electrons. The highest BCUT2D eigenvalue weighted by Gasteiger charge is 2.28. The molecule has 0 saturated carbocycles. The summed E-state index contributed by atoms with van der Waals surface area (Å²) in [5, 5.41) is 14.2. The predicted molar refractivity (Wildman–Crippen MR) is 373 cm³/mol. The molecule has 0 aromatic rings. The lowest BCUT2D eigenvalue weighted by molar-refractivity contribution is -0.870. The first-order valence-electron chi connectivity index (χ1n) is 36.1. The molecule has 8 nitrogen and oxygen atoms in total. The Labute approximate surface area is 528 Å². The van der Waals surface area contributed by atoms with Gasteiger partial charge in [-0.15, -0.1) is 0 Å². The van der Waals surface area contributed by atoms with E-state index in [1.165, 1.54) is 212 Å². The second-order valence-corrected chi connectivity index (χ2v) is 27.0. The third kappa shape index (κ3) is 68.8. The number of allylic oxidation sites excluding steroid dienone is 16. The van der Waals surface area contributed by atoms with Crippen LogP contribution >= 0.6 is 7.82 Å². The van der Waals surface area contributed by atoms with Gasteiger partial charge in [0, 0.05) is 6.42 Å². The maximum Gasteiger partial charge on any atom is 0.472 e. The molecule has 0 rings (SSSR count). The lowest BCUT2D eigenvalue weighted by Crippen LogP contribution is -2.46. The van der Waals surface area contributed by atoms with Gasteiger partial charge in [0.05, 0.1) is 39.9 Å². The van der Waals surface area contributed by atoms with Gasteiger partial charge in [-0.05, 0) is 77.0 Å². The van der Waals surface area contributed by atoms with Crippen LogP contribution in [0.15, 0.2) is 97.2 Å². The maximum absolute atomic E-state index is 13.1. The molecule has 3 N–H and O–H groups in total. The minimum absolute atomic E-state index is 0.0717. The van der Waals surface area contributed by atoms with Gasteiger partial charge in [0.15, 0.2) is 0 Å². The van der Waals surface area contributed by atoms with E-state index in [4.69, 9.17) is 9.05 Å². The molecule has 3 unspecified atom stereocenters. The van der Waals surface area contributed by atoms with Crippen LogP contribution in [-0.4, -0.2) is 73.4 Å². The quantitative estimate of drug-likeness (QED) is 0.0243. The SMILES string of the molecule is CC/C=C\C/C=C\C/C=C\C/C=C\C/C=C\C/C=C\C/C=C\C/C=C\CCCCCCCCCCCCCCC(=O)NC(COP(=O)(O)OCC[N+](C)(C)C)C(O)CCCCCCCCCCCCCCCCCCCCCCCCCCCC. The molecule has 0 radical (unpaired) electrons. The van der Waals surface area contributed by atoms with Gasteiger partial charge in [-0.3, -0.25) is 13.8 Å². The number of carbonyl (C=O) groups is 1. The topological polar surface area (TPSA) is 105 Å². The van der Waals surface area contributed by atoms with E-state index in [2.05, 4.69) is 116 Å². The zero-order chi connectivity index (χ0) is 61.9. The van der Waals surface area contributed by atoms with Crippen LogP contribution in [-0.2, 0) is 18.4 Å². The smallest absolute Gasteiger partial charge is 0.391 e. The van der Waals surface area contributed by atoms with Gasteiger partial charge in [-0.25, -0.2) is 4.57 Å². The first-order valence-corrected chi connectivity index (χ1v) is 37.6. The summed E-state index contributed by atoms with van der Waals surface area (Å²) in [5.41, 5.74) is 0. The van der Waals surface area contributed by atoms with E-state index in [-0.39, 0.29) is 19.1 Å². The summed E-state index contributed by atoms with van der Waals surface area (Å²) in [6.07, 6.45) is 95.1. The molecular weight excluding hydrogens is 1070 g/mol. The number of nitrogens with one attached hydrogen (secondary N) is 1. The van der Waals surface area contributed by atoms with Crippen LogP contribution in [0.25, 0.3) is 0 Å². The second-order valence-electron chi connectivity index (χ2n) is 25.6. The Kier molecular flexibility index (Phi) is 63.9. The average molecular weight is 1210 g/mol. The Balaban J connectivity index is 4.05. The molecule has 1 amide bonds. The van der Waals surface area contributed by atoms with Crippen LogP contribution in [0.4, 0.5) is 0 Å². The molecule has 0 aliphatic rings. The zero-order valence-electron chi connectivity index (χ0n) is 56.6. The Morgan fingerprint density at radius 1 is 0.412 bits per heavy atom. The number of unbranched alkanes of at least 4 members (excludes halogenated alkanes) is 37. The van der Waals surface area contributed by atoms with E-state index < -0.39 is 20.0 Å². The van der Waals surface area contributed by atoms with Crippen molar-refractivity contribution in [2.75, 3.05) is 40.9 Å². The number of hydrogen-bond donors (Lipinski definition) is 3. The monoisotopic (exact) mass is 1210 g/mol. The zero-order valence-corrected chi connectivity index (χ0v) is 57.5. The molecule has 0 spiro atoms. The van der Waals surface area contributed by atoms with Crippen molar-refractivity contribution in [2.45, 2.75) is 341 Å². The molecule has 0 aromatic carbocycles. The molecule has 0 fully saturated rings. The van der Waals surface area contributed by atoms with E-state index in [1.807, 2.05) is 21.1 Å². The van der Waals surface area contributed by atoms with Crippen molar-refractivity contribution in [2.24, 2.45) is 0 Å². The van der Waals surface area contributed by atoms with Gasteiger partial charge in [0.1, 0.15) is 13.2 Å². The third-order valence-corrected chi connectivity index (χ3v) is 17.1. The van der Waals surface area contributed by atoms with Crippen LogP contribution in [0.3, 0.4) is 0 Å². The minimum atomic E-state index is -4.34. The maximum atomic E-state index is 13.1. The van der Waals surface area contributed by atoms with Crippen molar-refractivity contribution in [3.63, 3.8) is 0 Å². The Morgan fingerprint density at radius 2 is 0.706 bits per heavy atom. The highest BCUT2D eigenvalue weighted by Crippen LogP contribution is 2.43.